The molecule has 2 rings (SSSR count). The van der Waals surface area contributed by atoms with Gasteiger partial charge in [-0.3, -0.25) is 0 Å². The highest BCUT2D eigenvalue weighted by atomic mass is 16.8. The van der Waals surface area contributed by atoms with Crippen LogP contribution in [0.4, 0.5) is 0 Å². The summed E-state index contributed by atoms with van der Waals surface area (Å²) in [7, 11) is 1.64. The highest BCUT2D eigenvalue weighted by Gasteiger charge is 2.52. The molecular weight excluding hydrogens is 208 g/mol. The van der Waals surface area contributed by atoms with Crippen molar-refractivity contribution in [2.75, 3.05) is 7.11 Å². The Morgan fingerprint density at radius 2 is 2.19 bits per heavy atom. The topological polar surface area (TPSA) is 48.1 Å². The predicted molar refractivity (Wildman–Crippen MR) is 58.0 cm³/mol. The second-order valence-corrected chi connectivity index (χ2v) is 4.77. The Kier molecular flexibility index (Phi) is 3.62. The average Bonchev–Trinajstić information content (AvgIpc) is 2.97. The van der Waals surface area contributed by atoms with Crippen LogP contribution in [0.25, 0.3) is 0 Å². The van der Waals surface area contributed by atoms with Gasteiger partial charge in [-0.15, -0.1) is 0 Å². The van der Waals surface area contributed by atoms with Crippen molar-refractivity contribution in [2.24, 2.45) is 11.8 Å². The number of hydrogen-bond acceptors (Lipinski definition) is 4. The van der Waals surface area contributed by atoms with Gasteiger partial charge in [0.2, 0.25) is 0 Å². The molecule has 0 spiro atoms. The number of hydrogen-bond donors (Lipinski definition) is 0. The molecule has 6 atom stereocenters. The van der Waals surface area contributed by atoms with Gasteiger partial charge in [-0.2, -0.15) is 0 Å². The minimum atomic E-state index is -0.109. The third-order valence-corrected chi connectivity index (χ3v) is 3.66. The summed E-state index contributed by atoms with van der Waals surface area (Å²) in [6.45, 7) is 4.17. The normalized spacial score (nSPS) is 44.3. The lowest BCUT2D eigenvalue weighted by atomic mass is 9.93. The van der Waals surface area contributed by atoms with Gasteiger partial charge in [-0.1, -0.05) is 13.8 Å². The molecule has 0 unspecified atom stereocenters. The highest BCUT2D eigenvalue weighted by Crippen LogP contribution is 2.40. The van der Waals surface area contributed by atoms with Crippen molar-refractivity contribution in [1.29, 1.82) is 0 Å². The van der Waals surface area contributed by atoms with Crippen LogP contribution in [-0.4, -0.2) is 38.0 Å². The zero-order valence-corrected chi connectivity index (χ0v) is 10.1. The van der Waals surface area contributed by atoms with Crippen LogP contribution >= 0.6 is 0 Å². The largest absolute Gasteiger partial charge is 0.371 e. The second kappa shape index (κ2) is 4.82. The summed E-state index contributed by atoms with van der Waals surface area (Å²) in [5, 5.41) is 0. The smallest absolute Gasteiger partial charge is 0.186 e. The van der Waals surface area contributed by atoms with E-state index in [0.29, 0.717) is 5.92 Å². The molecule has 4 nitrogen and oxygen atoms in total. The molecule has 2 heterocycles. The summed E-state index contributed by atoms with van der Waals surface area (Å²) in [6, 6.07) is 0. The van der Waals surface area contributed by atoms with Crippen LogP contribution in [0.1, 0.15) is 26.7 Å². The maximum atomic E-state index is 10.9. The van der Waals surface area contributed by atoms with Gasteiger partial charge in [0.15, 0.2) is 6.29 Å². The van der Waals surface area contributed by atoms with Gasteiger partial charge in [0.05, 0.1) is 12.2 Å². The number of carbonyl (C=O) groups is 1. The Hall–Kier alpha value is -0.450. The Morgan fingerprint density at radius 3 is 2.69 bits per heavy atom. The molecule has 0 aromatic carbocycles. The summed E-state index contributed by atoms with van der Waals surface area (Å²) < 4.78 is 16.4. The minimum Gasteiger partial charge on any atom is -0.371 e. The number of aldehydes is 1. The summed E-state index contributed by atoms with van der Waals surface area (Å²) >= 11 is 0. The van der Waals surface area contributed by atoms with Gasteiger partial charge in [-0.25, -0.2) is 0 Å². The van der Waals surface area contributed by atoms with Gasteiger partial charge in [0.25, 0.3) is 0 Å². The lowest BCUT2D eigenvalue weighted by Gasteiger charge is -2.16. The quantitative estimate of drug-likeness (QED) is 0.527. The molecule has 2 fully saturated rings. The van der Waals surface area contributed by atoms with E-state index in [1.54, 1.807) is 7.11 Å². The van der Waals surface area contributed by atoms with Crippen molar-refractivity contribution in [3.8, 4) is 0 Å². The highest BCUT2D eigenvalue weighted by molar-refractivity contribution is 5.54. The van der Waals surface area contributed by atoms with E-state index in [2.05, 4.69) is 6.92 Å². The number of rotatable bonds is 5. The fourth-order valence-corrected chi connectivity index (χ4v) is 2.55. The van der Waals surface area contributed by atoms with E-state index in [9.17, 15) is 4.79 Å². The van der Waals surface area contributed by atoms with Crippen LogP contribution in [0, 0.1) is 11.8 Å². The zero-order valence-electron chi connectivity index (χ0n) is 10.1. The molecule has 0 bridgehead atoms. The SMILES string of the molecule is CC[C@H](C=O)[C@@H]1C[C@@H](C)[C@@H]([C@@H]2O[C@H]2OC)O1. The monoisotopic (exact) mass is 228 g/mol. The van der Waals surface area contributed by atoms with Crippen LogP contribution in [0.5, 0.6) is 0 Å². The molecule has 0 radical (unpaired) electrons. The zero-order chi connectivity index (χ0) is 11.7. The molecule has 92 valence electrons. The van der Waals surface area contributed by atoms with Gasteiger partial charge in [0.1, 0.15) is 12.4 Å². The molecule has 0 N–H and O–H groups in total. The van der Waals surface area contributed by atoms with Crippen molar-refractivity contribution >= 4 is 6.29 Å². The maximum absolute atomic E-state index is 10.9. The second-order valence-electron chi connectivity index (χ2n) is 4.77. The van der Waals surface area contributed by atoms with E-state index in [4.69, 9.17) is 14.2 Å². The summed E-state index contributed by atoms with van der Waals surface area (Å²) in [5.41, 5.74) is 0. The molecular formula is C12H20O4. The third kappa shape index (κ3) is 2.14. The standard InChI is InChI=1S/C12H20O4/c1-4-8(6-13)9-5-7(2)10(15-9)11-12(14-3)16-11/h6-12H,4-5H2,1-3H3/t7-,8-,9+,10+,11+,12-/m1/s1. The Morgan fingerprint density at radius 1 is 1.44 bits per heavy atom. The molecule has 0 saturated carbocycles. The lowest BCUT2D eigenvalue weighted by Crippen LogP contribution is -2.26. The van der Waals surface area contributed by atoms with E-state index < -0.39 is 0 Å². The summed E-state index contributed by atoms with van der Waals surface area (Å²) in [4.78, 5) is 10.9. The fourth-order valence-electron chi connectivity index (χ4n) is 2.55. The average molecular weight is 228 g/mol. The number of carbonyl (C=O) groups excluding carboxylic acids is 1. The third-order valence-electron chi connectivity index (χ3n) is 3.66. The maximum Gasteiger partial charge on any atom is 0.186 e. The molecule has 16 heavy (non-hydrogen) atoms. The van der Waals surface area contributed by atoms with Crippen molar-refractivity contribution in [3.05, 3.63) is 0 Å². The molecule has 4 heteroatoms. The molecule has 2 saturated heterocycles. The van der Waals surface area contributed by atoms with Gasteiger partial charge in [0, 0.05) is 13.0 Å². The lowest BCUT2D eigenvalue weighted by molar-refractivity contribution is -0.116. The van der Waals surface area contributed by atoms with Crippen LogP contribution in [0.2, 0.25) is 0 Å². The summed E-state index contributed by atoms with van der Waals surface area (Å²) in [5.74, 6) is 0.455. The van der Waals surface area contributed by atoms with Gasteiger partial charge >= 0.3 is 0 Å². The Labute approximate surface area is 96.2 Å². The van der Waals surface area contributed by atoms with Crippen LogP contribution in [-0.2, 0) is 19.0 Å². The first-order valence-electron chi connectivity index (χ1n) is 6.00. The molecule has 2 aliphatic rings. The number of epoxide rings is 1. The summed E-state index contributed by atoms with van der Waals surface area (Å²) in [6.07, 6.45) is 2.90. The van der Waals surface area contributed by atoms with Crippen LogP contribution < -0.4 is 0 Å². The molecule has 0 aliphatic carbocycles. The first-order valence-corrected chi connectivity index (χ1v) is 6.00. The molecule has 2 aliphatic heterocycles. The molecule has 0 amide bonds. The van der Waals surface area contributed by atoms with Gasteiger partial charge in [-0.05, 0) is 18.8 Å². The predicted octanol–water partition coefficient (Wildman–Crippen LogP) is 1.38. The van der Waals surface area contributed by atoms with E-state index >= 15 is 0 Å². The number of methoxy groups -OCH3 is 1. The van der Waals surface area contributed by atoms with E-state index in [0.717, 1.165) is 19.1 Å². The van der Waals surface area contributed by atoms with E-state index in [1.807, 2.05) is 6.92 Å². The van der Waals surface area contributed by atoms with Crippen LogP contribution in [0.15, 0.2) is 0 Å². The first-order chi connectivity index (χ1) is 7.71. The number of ether oxygens (including phenoxy) is 3. The van der Waals surface area contributed by atoms with Crippen molar-refractivity contribution in [3.63, 3.8) is 0 Å². The van der Waals surface area contributed by atoms with E-state index in [1.165, 1.54) is 0 Å². The first kappa shape index (κ1) is 12.0. The van der Waals surface area contributed by atoms with Gasteiger partial charge < -0.3 is 19.0 Å². The Balaban J connectivity index is 1.91. The van der Waals surface area contributed by atoms with Crippen LogP contribution in [0.3, 0.4) is 0 Å². The van der Waals surface area contributed by atoms with Crippen molar-refractivity contribution in [1.82, 2.24) is 0 Å². The minimum absolute atomic E-state index is 0.0206. The fraction of sp³-hybridized carbons (Fsp3) is 0.917. The molecule has 0 aromatic heterocycles. The van der Waals surface area contributed by atoms with Crippen molar-refractivity contribution < 1.29 is 19.0 Å². The molecule has 0 aromatic rings. The van der Waals surface area contributed by atoms with E-state index in [-0.39, 0.29) is 30.5 Å². The van der Waals surface area contributed by atoms with Crippen molar-refractivity contribution in [2.45, 2.75) is 51.3 Å². The Bertz CT molecular complexity index is 255.